The highest BCUT2D eigenvalue weighted by atomic mass is 16.5. The highest BCUT2D eigenvalue weighted by molar-refractivity contribution is 5.92. The number of hydrogen-bond donors (Lipinski definition) is 2. The second kappa shape index (κ2) is 11.1. The number of pyridine rings is 1. The number of benzene rings is 2. The minimum absolute atomic E-state index is 0.189. The number of nitrogens with zero attached hydrogens (tertiary/aromatic N) is 5. The molecule has 9 heteroatoms. The zero-order valence-corrected chi connectivity index (χ0v) is 22.4. The highest BCUT2D eigenvalue weighted by Gasteiger charge is 2.20. The van der Waals surface area contributed by atoms with Crippen molar-refractivity contribution in [3.8, 4) is 11.5 Å². The minimum Gasteiger partial charge on any atom is -0.457 e. The first-order chi connectivity index (χ1) is 18.4. The number of imidazole rings is 1. The van der Waals surface area contributed by atoms with E-state index in [1.165, 1.54) is 12.8 Å². The molecule has 0 radical (unpaired) electrons. The average Bonchev–Trinajstić information content (AvgIpc) is 3.46. The van der Waals surface area contributed by atoms with Crippen LogP contribution in [-0.4, -0.2) is 65.6 Å². The van der Waals surface area contributed by atoms with Crippen molar-refractivity contribution < 1.29 is 9.53 Å². The van der Waals surface area contributed by atoms with Crippen LogP contribution < -0.4 is 20.3 Å². The van der Waals surface area contributed by atoms with Gasteiger partial charge in [0.25, 0.3) is 5.91 Å². The molecule has 1 unspecified atom stereocenters. The van der Waals surface area contributed by atoms with Gasteiger partial charge in [0.1, 0.15) is 17.2 Å². The molecular weight excluding hydrogens is 478 g/mol. The van der Waals surface area contributed by atoms with E-state index < -0.39 is 0 Å². The minimum atomic E-state index is -0.189. The third-order valence-electron chi connectivity index (χ3n) is 7.13. The van der Waals surface area contributed by atoms with Crippen molar-refractivity contribution in [2.45, 2.75) is 25.3 Å². The maximum Gasteiger partial charge on any atom is 0.270 e. The van der Waals surface area contributed by atoms with Gasteiger partial charge in [-0.2, -0.15) is 0 Å². The van der Waals surface area contributed by atoms with E-state index >= 15 is 0 Å². The van der Waals surface area contributed by atoms with E-state index in [2.05, 4.69) is 44.6 Å². The van der Waals surface area contributed by atoms with Crippen LogP contribution in [0.3, 0.4) is 0 Å². The van der Waals surface area contributed by atoms with Gasteiger partial charge in [-0.3, -0.25) is 9.78 Å². The molecule has 1 saturated heterocycles. The molecule has 2 aromatic heterocycles. The Morgan fingerprint density at radius 3 is 2.61 bits per heavy atom. The van der Waals surface area contributed by atoms with Gasteiger partial charge in [-0.15, -0.1) is 0 Å². The molecule has 1 amide bonds. The average molecular weight is 514 g/mol. The fraction of sp³-hybridized carbons (Fsp3) is 0.345. The van der Waals surface area contributed by atoms with Gasteiger partial charge in [0.15, 0.2) is 0 Å². The van der Waals surface area contributed by atoms with Crippen molar-refractivity contribution in [2.75, 3.05) is 44.4 Å². The van der Waals surface area contributed by atoms with Gasteiger partial charge >= 0.3 is 0 Å². The number of carbonyl (C=O) groups excluding carboxylic acids is 1. The zero-order chi connectivity index (χ0) is 26.6. The van der Waals surface area contributed by atoms with Gasteiger partial charge in [-0.25, -0.2) is 4.98 Å². The summed E-state index contributed by atoms with van der Waals surface area (Å²) in [6, 6.07) is 17.9. The molecule has 0 saturated carbocycles. The molecular formula is C29H35N7O2. The van der Waals surface area contributed by atoms with Crippen LogP contribution in [0.4, 0.5) is 17.3 Å². The largest absolute Gasteiger partial charge is 0.457 e. The third-order valence-corrected chi connectivity index (χ3v) is 7.13. The van der Waals surface area contributed by atoms with Gasteiger partial charge in [-0.1, -0.05) is 0 Å². The number of aryl methyl sites for hydroxylation is 1. The molecule has 198 valence electrons. The van der Waals surface area contributed by atoms with Crippen LogP contribution >= 0.6 is 0 Å². The Kier molecular flexibility index (Phi) is 7.46. The van der Waals surface area contributed by atoms with Crippen LogP contribution in [0.5, 0.6) is 11.5 Å². The second-order valence-electron chi connectivity index (χ2n) is 10.0. The Morgan fingerprint density at radius 1 is 1.08 bits per heavy atom. The van der Waals surface area contributed by atoms with E-state index in [4.69, 9.17) is 9.72 Å². The Labute approximate surface area is 223 Å². The fourth-order valence-electron chi connectivity index (χ4n) is 4.85. The number of likely N-dealkylation sites (tertiary alicyclic amines) is 1. The van der Waals surface area contributed by atoms with E-state index in [1.807, 2.05) is 56.0 Å². The molecule has 0 aliphatic carbocycles. The summed E-state index contributed by atoms with van der Waals surface area (Å²) in [5.74, 6) is 1.74. The molecule has 38 heavy (non-hydrogen) atoms. The van der Waals surface area contributed by atoms with Gasteiger partial charge in [0, 0.05) is 63.4 Å². The summed E-state index contributed by atoms with van der Waals surface area (Å²) in [4.78, 5) is 26.1. The first-order valence-electron chi connectivity index (χ1n) is 13.0. The van der Waals surface area contributed by atoms with Crippen LogP contribution in [0.1, 0.15) is 29.8 Å². The predicted octanol–water partition coefficient (Wildman–Crippen LogP) is 4.78. The normalized spacial score (nSPS) is 15.5. The van der Waals surface area contributed by atoms with E-state index in [-0.39, 0.29) is 5.91 Å². The maximum atomic E-state index is 12.7. The van der Waals surface area contributed by atoms with Gasteiger partial charge in [0.2, 0.25) is 5.95 Å². The van der Waals surface area contributed by atoms with Gasteiger partial charge in [0.05, 0.1) is 11.0 Å². The lowest BCUT2D eigenvalue weighted by atomic mass is 10.1. The number of aromatic nitrogens is 3. The van der Waals surface area contributed by atoms with E-state index in [0.717, 1.165) is 41.3 Å². The number of fused-ring (bicyclic) bond motifs is 1. The van der Waals surface area contributed by atoms with E-state index in [0.29, 0.717) is 29.8 Å². The first kappa shape index (κ1) is 25.5. The Morgan fingerprint density at radius 2 is 1.87 bits per heavy atom. The Balaban J connectivity index is 1.24. The number of nitrogens with one attached hydrogen (secondary N) is 2. The molecule has 9 nitrogen and oxygen atoms in total. The molecule has 3 heterocycles. The second-order valence-corrected chi connectivity index (χ2v) is 10.0. The van der Waals surface area contributed by atoms with Crippen molar-refractivity contribution >= 4 is 34.3 Å². The first-order valence-corrected chi connectivity index (χ1v) is 13.0. The molecule has 5 rings (SSSR count). The quantitative estimate of drug-likeness (QED) is 0.333. The van der Waals surface area contributed by atoms with Crippen molar-refractivity contribution in [3.63, 3.8) is 0 Å². The van der Waals surface area contributed by atoms with Crippen LogP contribution in [0.15, 0.2) is 60.8 Å². The lowest BCUT2D eigenvalue weighted by Crippen LogP contribution is -2.32. The summed E-state index contributed by atoms with van der Waals surface area (Å²) in [6.07, 6.45) is 4.96. The molecule has 1 fully saturated rings. The lowest BCUT2D eigenvalue weighted by Gasteiger charge is -2.19. The molecule has 2 aromatic carbocycles. The summed E-state index contributed by atoms with van der Waals surface area (Å²) in [5, 5.41) is 6.38. The van der Waals surface area contributed by atoms with Crippen LogP contribution in [-0.2, 0) is 7.05 Å². The summed E-state index contributed by atoms with van der Waals surface area (Å²) in [5.41, 5.74) is 4.22. The van der Waals surface area contributed by atoms with Crippen LogP contribution in [0.25, 0.3) is 11.0 Å². The predicted molar refractivity (Wildman–Crippen MR) is 152 cm³/mol. The van der Waals surface area contributed by atoms with Crippen molar-refractivity contribution in [2.24, 2.45) is 7.05 Å². The number of hydrogen-bond acceptors (Lipinski definition) is 7. The number of amides is 1. The number of carbonyl (C=O) groups is 1. The van der Waals surface area contributed by atoms with E-state index in [1.54, 1.807) is 18.3 Å². The van der Waals surface area contributed by atoms with Gasteiger partial charge < -0.3 is 29.7 Å². The molecule has 1 atom stereocenters. The zero-order valence-electron chi connectivity index (χ0n) is 22.4. The molecule has 0 bridgehead atoms. The lowest BCUT2D eigenvalue weighted by molar-refractivity contribution is 0.0945. The van der Waals surface area contributed by atoms with Crippen LogP contribution in [0.2, 0.25) is 0 Å². The number of anilines is 3. The van der Waals surface area contributed by atoms with Gasteiger partial charge in [-0.05, 0) is 75.3 Å². The smallest absolute Gasteiger partial charge is 0.270 e. The third kappa shape index (κ3) is 5.73. The number of ether oxygens (including phenoxy) is 1. The van der Waals surface area contributed by atoms with E-state index in [9.17, 15) is 4.79 Å². The summed E-state index contributed by atoms with van der Waals surface area (Å²) in [7, 11) is 8.16. The standard InChI is InChI=1S/C29H35N7O2/c1-34(2)21-9-7-20(8-10-21)32-29-33-25-18-23(11-12-27(25)36(29)4)38-24-14-16-30-26(19-24)28(37)31-15-13-22-6-5-17-35(22)3/h7-12,14,16,18-19,22H,5-6,13,15,17H2,1-4H3,(H,31,37)(H,32,33). The molecule has 1 aliphatic heterocycles. The summed E-state index contributed by atoms with van der Waals surface area (Å²) in [6.45, 7) is 1.76. The molecule has 2 N–H and O–H groups in total. The van der Waals surface area contributed by atoms with Crippen LogP contribution in [0, 0.1) is 0 Å². The van der Waals surface area contributed by atoms with Crippen molar-refractivity contribution in [3.05, 3.63) is 66.5 Å². The summed E-state index contributed by atoms with van der Waals surface area (Å²) < 4.78 is 8.09. The maximum absolute atomic E-state index is 12.7. The molecule has 0 spiro atoms. The Bertz CT molecular complexity index is 1410. The Hall–Kier alpha value is -4.11. The topological polar surface area (TPSA) is 87.5 Å². The fourth-order valence-corrected chi connectivity index (χ4v) is 4.85. The summed E-state index contributed by atoms with van der Waals surface area (Å²) >= 11 is 0. The number of rotatable bonds is 9. The SMILES string of the molecule is CN(C)c1ccc(Nc2nc3cc(Oc4ccnc(C(=O)NCCC5CCCN5C)c4)ccc3n2C)cc1. The highest BCUT2D eigenvalue weighted by Crippen LogP contribution is 2.28. The molecule has 4 aromatic rings. The van der Waals surface area contributed by atoms with Crippen molar-refractivity contribution in [1.29, 1.82) is 0 Å². The van der Waals surface area contributed by atoms with Crippen molar-refractivity contribution in [1.82, 2.24) is 24.8 Å². The molecule has 1 aliphatic rings. The monoisotopic (exact) mass is 513 g/mol.